The molecule has 0 fully saturated rings. The summed E-state index contributed by atoms with van der Waals surface area (Å²) >= 11 is 0. The van der Waals surface area contributed by atoms with Crippen molar-refractivity contribution in [3.05, 3.63) is 101 Å². The Morgan fingerprint density at radius 3 is 2.06 bits per heavy atom. The summed E-state index contributed by atoms with van der Waals surface area (Å²) in [6, 6.07) is 12.2. The zero-order chi connectivity index (χ0) is 23.7. The quantitative estimate of drug-likeness (QED) is 0.225. The Bertz CT molecular complexity index is 1150. The molecule has 0 saturated heterocycles. The first-order valence-electron chi connectivity index (χ1n) is 9.85. The van der Waals surface area contributed by atoms with Crippen molar-refractivity contribution in [3.63, 3.8) is 0 Å². The summed E-state index contributed by atoms with van der Waals surface area (Å²) in [6.45, 7) is 14.4. The van der Waals surface area contributed by atoms with Crippen molar-refractivity contribution >= 4 is 8.32 Å². The second kappa shape index (κ2) is 8.49. The Labute approximate surface area is 185 Å². The molecule has 3 nitrogen and oxygen atoms in total. The van der Waals surface area contributed by atoms with Gasteiger partial charge in [0.05, 0.1) is 0 Å². The second-order valence-corrected chi connectivity index (χ2v) is 12.9. The first-order valence-corrected chi connectivity index (χ1v) is 13.3. The van der Waals surface area contributed by atoms with Gasteiger partial charge in [0.25, 0.3) is 0 Å². The number of pyridine rings is 1. The van der Waals surface area contributed by atoms with Gasteiger partial charge in [-0.1, -0.05) is 35.9 Å². The van der Waals surface area contributed by atoms with Crippen LogP contribution in [0.3, 0.4) is 0 Å². The highest BCUT2D eigenvalue weighted by atomic mass is 28.4. The number of hydrogen-bond donors (Lipinski definition) is 0. The lowest BCUT2D eigenvalue weighted by Crippen LogP contribution is -2.50. The molecule has 1 atom stereocenters. The second-order valence-electron chi connectivity index (χ2n) is 8.47. The maximum atomic E-state index is 15.9. The lowest BCUT2D eigenvalue weighted by atomic mass is 9.93. The Morgan fingerprint density at radius 1 is 0.938 bits per heavy atom. The smallest absolute Gasteiger partial charge is 0.342 e. The predicted octanol–water partition coefficient (Wildman–Crippen LogP) is 7.05. The normalized spacial score (nSPS) is 14.0. The lowest BCUT2D eigenvalue weighted by molar-refractivity contribution is -0.162. The Morgan fingerprint density at radius 2 is 1.56 bits per heavy atom. The molecule has 0 N–H and O–H groups in total. The van der Waals surface area contributed by atoms with E-state index in [9.17, 15) is 8.78 Å². The number of hydrogen-bond acceptors (Lipinski definition) is 2. The van der Waals surface area contributed by atoms with E-state index in [1.165, 1.54) is 12.3 Å². The average molecular weight is 459 g/mol. The van der Waals surface area contributed by atoms with Crippen LogP contribution in [0.25, 0.3) is 16.0 Å². The molecule has 0 bridgehead atoms. The number of rotatable bonds is 6. The van der Waals surface area contributed by atoms with Gasteiger partial charge in [-0.15, -0.1) is 0 Å². The molecule has 0 aliphatic heterocycles. The van der Waals surface area contributed by atoms with Crippen molar-refractivity contribution in [2.24, 2.45) is 0 Å². The highest BCUT2D eigenvalue weighted by Gasteiger charge is 2.68. The van der Waals surface area contributed by atoms with Crippen LogP contribution in [-0.4, -0.2) is 13.3 Å². The first-order chi connectivity index (χ1) is 14.9. The summed E-state index contributed by atoms with van der Waals surface area (Å²) < 4.78 is 65.6. The number of halogens is 4. The minimum Gasteiger partial charge on any atom is -0.342 e. The molecule has 0 spiro atoms. The highest BCUT2D eigenvalue weighted by molar-refractivity contribution is 6.69. The van der Waals surface area contributed by atoms with E-state index in [1.54, 1.807) is 19.6 Å². The maximum Gasteiger partial charge on any atom is 0.427 e. The minimum absolute atomic E-state index is 0.465. The number of aryl methyl sites for hydroxylation is 1. The van der Waals surface area contributed by atoms with Gasteiger partial charge in [0.15, 0.2) is 8.32 Å². The van der Waals surface area contributed by atoms with E-state index in [0.717, 1.165) is 29.3 Å². The van der Waals surface area contributed by atoms with Gasteiger partial charge in [-0.05, 0) is 50.3 Å². The molecule has 1 heterocycles. The molecule has 1 aromatic heterocycles. The standard InChI is InChI=1S/C24H22F4N2OSi/c1-16-6-8-17(9-7-16)18-10-13-22(30-15-18)23(27,28)24(29-2,31-32(3,4)5)20-12-11-19(25)14-21(20)26/h6-15H,1,3-5H3/t24-/m1/s1. The van der Waals surface area contributed by atoms with E-state index < -0.39 is 42.9 Å². The van der Waals surface area contributed by atoms with Crippen molar-refractivity contribution < 1.29 is 22.0 Å². The van der Waals surface area contributed by atoms with Crippen LogP contribution < -0.4 is 0 Å². The van der Waals surface area contributed by atoms with Crippen LogP contribution in [0, 0.1) is 25.1 Å². The SMILES string of the molecule is [C-]#[N+][C@@](O[Si](C)(C)C)(c1ccc(F)cc1F)C(F)(F)c1ccc(-c2ccc(C)cc2)cn1. The number of benzene rings is 2. The van der Waals surface area contributed by atoms with Crippen molar-refractivity contribution in [2.45, 2.75) is 38.2 Å². The van der Waals surface area contributed by atoms with Gasteiger partial charge in [-0.2, -0.15) is 8.78 Å². The Kier molecular flexibility index (Phi) is 6.27. The van der Waals surface area contributed by atoms with Gasteiger partial charge in [0.1, 0.15) is 22.9 Å². The molecular weight excluding hydrogens is 436 g/mol. The zero-order valence-electron chi connectivity index (χ0n) is 18.1. The van der Waals surface area contributed by atoms with Gasteiger partial charge in [0.2, 0.25) is 0 Å². The van der Waals surface area contributed by atoms with Crippen LogP contribution in [0.5, 0.6) is 0 Å². The number of nitrogens with zero attached hydrogens (tertiary/aromatic N) is 2. The van der Waals surface area contributed by atoms with Crippen molar-refractivity contribution in [1.29, 1.82) is 0 Å². The Balaban J connectivity index is 2.14. The summed E-state index contributed by atoms with van der Waals surface area (Å²) in [7, 11) is -2.83. The largest absolute Gasteiger partial charge is 0.427 e. The summed E-state index contributed by atoms with van der Waals surface area (Å²) in [5.74, 6) is -6.25. The monoisotopic (exact) mass is 458 g/mol. The van der Waals surface area contributed by atoms with E-state index in [0.29, 0.717) is 11.6 Å². The fraction of sp³-hybridized carbons (Fsp3) is 0.250. The number of aromatic nitrogens is 1. The topological polar surface area (TPSA) is 26.5 Å². The van der Waals surface area contributed by atoms with E-state index in [2.05, 4.69) is 9.83 Å². The van der Waals surface area contributed by atoms with Gasteiger partial charge < -0.3 is 4.43 Å². The van der Waals surface area contributed by atoms with Crippen molar-refractivity contribution in [2.75, 3.05) is 0 Å². The molecular formula is C24H22F4N2OSi. The summed E-state index contributed by atoms with van der Waals surface area (Å²) in [5.41, 5.74) is -2.06. The zero-order valence-corrected chi connectivity index (χ0v) is 19.1. The lowest BCUT2D eigenvalue weighted by Gasteiger charge is -2.34. The van der Waals surface area contributed by atoms with Crippen LogP contribution >= 0.6 is 0 Å². The van der Waals surface area contributed by atoms with E-state index in [1.807, 2.05) is 31.2 Å². The van der Waals surface area contributed by atoms with Gasteiger partial charge >= 0.3 is 11.6 Å². The van der Waals surface area contributed by atoms with Crippen molar-refractivity contribution in [1.82, 2.24) is 4.98 Å². The minimum atomic E-state index is -4.03. The van der Waals surface area contributed by atoms with Crippen molar-refractivity contribution in [3.8, 4) is 11.1 Å². The molecule has 0 amide bonds. The van der Waals surface area contributed by atoms with Crippen LogP contribution in [0.1, 0.15) is 16.8 Å². The molecule has 0 radical (unpaired) electrons. The molecule has 8 heteroatoms. The maximum absolute atomic E-state index is 15.9. The molecule has 2 aromatic carbocycles. The van der Waals surface area contributed by atoms with E-state index in [-0.39, 0.29) is 0 Å². The fourth-order valence-electron chi connectivity index (χ4n) is 3.32. The highest BCUT2D eigenvalue weighted by Crippen LogP contribution is 2.51. The van der Waals surface area contributed by atoms with E-state index >= 15 is 8.78 Å². The molecule has 0 aliphatic carbocycles. The summed E-state index contributed by atoms with van der Waals surface area (Å²) in [6.07, 6.45) is 1.28. The fourth-order valence-corrected chi connectivity index (χ4v) is 4.49. The molecule has 3 rings (SSSR count). The molecule has 0 saturated carbocycles. The third kappa shape index (κ3) is 4.45. The van der Waals surface area contributed by atoms with Gasteiger partial charge in [-0.3, -0.25) is 9.83 Å². The number of alkyl halides is 2. The molecule has 0 unspecified atom stereocenters. The summed E-state index contributed by atoms with van der Waals surface area (Å²) in [4.78, 5) is 7.03. The van der Waals surface area contributed by atoms with Gasteiger partial charge in [-0.25, -0.2) is 15.4 Å². The average Bonchev–Trinajstić information content (AvgIpc) is 2.72. The van der Waals surface area contributed by atoms with Crippen LogP contribution in [0.4, 0.5) is 17.6 Å². The molecule has 0 aliphatic rings. The van der Waals surface area contributed by atoms with Crippen LogP contribution in [0.15, 0.2) is 60.8 Å². The van der Waals surface area contributed by atoms with Crippen LogP contribution in [-0.2, 0) is 16.1 Å². The predicted molar refractivity (Wildman–Crippen MR) is 117 cm³/mol. The Hall–Kier alpha value is -3.02. The molecule has 166 valence electrons. The van der Waals surface area contributed by atoms with E-state index in [4.69, 9.17) is 11.0 Å². The molecule has 3 aromatic rings. The van der Waals surface area contributed by atoms with Gasteiger partial charge in [0, 0.05) is 17.8 Å². The third-order valence-corrected chi connectivity index (χ3v) is 5.71. The third-order valence-electron chi connectivity index (χ3n) is 4.80. The first kappa shape index (κ1) is 23.6. The molecule has 32 heavy (non-hydrogen) atoms. The van der Waals surface area contributed by atoms with Crippen LogP contribution in [0.2, 0.25) is 19.6 Å². The summed E-state index contributed by atoms with van der Waals surface area (Å²) in [5, 5.41) is 0.